The van der Waals surface area contributed by atoms with Gasteiger partial charge in [-0.05, 0) is 18.4 Å². The summed E-state index contributed by atoms with van der Waals surface area (Å²) in [5, 5.41) is 10.2. The van der Waals surface area contributed by atoms with Gasteiger partial charge in [-0.1, -0.05) is 37.5 Å². The molecule has 3 rings (SSSR count). The molecule has 1 heterocycles. The molecule has 2 aromatic rings. The summed E-state index contributed by atoms with van der Waals surface area (Å²) in [4.78, 5) is 23.8. The highest BCUT2D eigenvalue weighted by atomic mass is 16.2. The lowest BCUT2D eigenvalue weighted by atomic mass is 9.83. The lowest BCUT2D eigenvalue weighted by molar-refractivity contribution is 0.0945. The molecule has 1 saturated carbocycles. The molecule has 1 aliphatic carbocycles. The molecule has 5 nitrogen and oxygen atoms in total. The van der Waals surface area contributed by atoms with E-state index in [1.54, 1.807) is 24.3 Å². The van der Waals surface area contributed by atoms with Gasteiger partial charge in [-0.2, -0.15) is 5.10 Å². The molecule has 0 atom stereocenters. The second-order valence-electron chi connectivity index (χ2n) is 5.29. The number of hydrogen-bond donors (Lipinski definition) is 2. The lowest BCUT2D eigenvalue weighted by Gasteiger charge is -2.25. The third-order valence-electron chi connectivity index (χ3n) is 3.97. The van der Waals surface area contributed by atoms with Gasteiger partial charge in [-0.15, -0.1) is 0 Å². The maximum atomic E-state index is 12.2. The summed E-state index contributed by atoms with van der Waals surface area (Å²) >= 11 is 0. The van der Waals surface area contributed by atoms with Crippen molar-refractivity contribution in [1.29, 1.82) is 0 Å². The number of nitrogens with one attached hydrogen (secondary N) is 2. The molecular weight excluding hydrogens is 254 g/mol. The van der Waals surface area contributed by atoms with Gasteiger partial charge >= 0.3 is 0 Å². The van der Waals surface area contributed by atoms with Crippen LogP contribution in [-0.4, -0.2) is 22.6 Å². The summed E-state index contributed by atoms with van der Waals surface area (Å²) in [7, 11) is 0. The normalized spacial score (nSPS) is 15.0. The first kappa shape index (κ1) is 12.8. The summed E-state index contributed by atoms with van der Waals surface area (Å²) < 4.78 is 0. The van der Waals surface area contributed by atoms with Gasteiger partial charge in [0.05, 0.1) is 5.39 Å². The molecule has 20 heavy (non-hydrogen) atoms. The average molecular weight is 271 g/mol. The van der Waals surface area contributed by atoms with Gasteiger partial charge in [0.15, 0.2) is 5.69 Å². The Bertz CT molecular complexity index is 689. The Hall–Kier alpha value is -2.17. The quantitative estimate of drug-likeness (QED) is 0.891. The monoisotopic (exact) mass is 271 g/mol. The fraction of sp³-hybridized carbons (Fsp3) is 0.400. The highest BCUT2D eigenvalue weighted by Gasteiger charge is 2.18. The molecule has 0 aliphatic heterocycles. The summed E-state index contributed by atoms with van der Waals surface area (Å²) in [6.07, 6.45) is 4.88. The molecule has 104 valence electrons. The number of H-pyrrole nitrogens is 1. The van der Waals surface area contributed by atoms with Gasteiger partial charge in [0.1, 0.15) is 0 Å². The van der Waals surface area contributed by atoms with Crippen LogP contribution in [0.5, 0.6) is 0 Å². The van der Waals surface area contributed by atoms with E-state index in [0.717, 1.165) is 12.3 Å². The second kappa shape index (κ2) is 5.45. The van der Waals surface area contributed by atoms with Crippen LogP contribution in [0.2, 0.25) is 0 Å². The molecule has 1 amide bonds. The topological polar surface area (TPSA) is 74.8 Å². The summed E-state index contributed by atoms with van der Waals surface area (Å²) in [6.45, 7) is 0.665. The smallest absolute Gasteiger partial charge is 0.272 e. The van der Waals surface area contributed by atoms with E-state index in [-0.39, 0.29) is 17.2 Å². The molecule has 0 saturated heterocycles. The number of aromatic nitrogens is 2. The predicted octanol–water partition coefficient (Wildman–Crippen LogP) is 1.84. The van der Waals surface area contributed by atoms with Crippen molar-refractivity contribution in [2.24, 2.45) is 5.92 Å². The van der Waals surface area contributed by atoms with Crippen molar-refractivity contribution in [3.05, 3.63) is 40.3 Å². The maximum Gasteiger partial charge on any atom is 0.272 e. The number of hydrogen-bond acceptors (Lipinski definition) is 3. The van der Waals surface area contributed by atoms with E-state index in [4.69, 9.17) is 0 Å². The molecule has 1 aromatic heterocycles. The molecule has 0 radical (unpaired) electrons. The Kier molecular flexibility index (Phi) is 3.50. The third kappa shape index (κ3) is 2.43. The SMILES string of the molecule is O=C(NCCC1CCC1)c1n[nH]c(=O)c2ccccc12. The van der Waals surface area contributed by atoms with Crippen molar-refractivity contribution in [2.75, 3.05) is 6.54 Å². The first-order valence-electron chi connectivity index (χ1n) is 7.01. The van der Waals surface area contributed by atoms with E-state index in [1.165, 1.54) is 19.3 Å². The number of rotatable bonds is 4. The standard InChI is InChI=1S/C15H17N3O2/c19-14-12-7-2-1-6-11(12)13(17-18-14)15(20)16-9-8-10-4-3-5-10/h1-2,6-7,10H,3-5,8-9H2,(H,16,20)(H,18,19). The Morgan fingerprint density at radius 1 is 1.30 bits per heavy atom. The number of fused-ring (bicyclic) bond motifs is 1. The van der Waals surface area contributed by atoms with E-state index in [0.29, 0.717) is 17.3 Å². The van der Waals surface area contributed by atoms with Crippen LogP contribution in [0.25, 0.3) is 10.8 Å². The van der Waals surface area contributed by atoms with E-state index >= 15 is 0 Å². The number of carbonyl (C=O) groups is 1. The number of nitrogens with zero attached hydrogens (tertiary/aromatic N) is 1. The largest absolute Gasteiger partial charge is 0.351 e. The molecule has 0 unspecified atom stereocenters. The van der Waals surface area contributed by atoms with Crippen LogP contribution < -0.4 is 10.9 Å². The molecular formula is C15H17N3O2. The number of benzene rings is 1. The highest BCUT2D eigenvalue weighted by Crippen LogP contribution is 2.28. The summed E-state index contributed by atoms with van der Waals surface area (Å²) in [6, 6.07) is 7.02. The number of carbonyl (C=O) groups excluding carboxylic acids is 1. The van der Waals surface area contributed by atoms with Gasteiger partial charge in [-0.25, -0.2) is 5.10 Å². The van der Waals surface area contributed by atoms with Gasteiger partial charge < -0.3 is 5.32 Å². The minimum Gasteiger partial charge on any atom is -0.351 e. The van der Waals surface area contributed by atoms with Crippen LogP contribution in [0.1, 0.15) is 36.2 Å². The zero-order chi connectivity index (χ0) is 13.9. The molecule has 1 fully saturated rings. The zero-order valence-electron chi connectivity index (χ0n) is 11.2. The van der Waals surface area contributed by atoms with Gasteiger partial charge in [0.2, 0.25) is 0 Å². The van der Waals surface area contributed by atoms with Crippen LogP contribution in [0, 0.1) is 5.92 Å². The average Bonchev–Trinajstić information content (AvgIpc) is 2.42. The van der Waals surface area contributed by atoms with Crippen molar-refractivity contribution in [1.82, 2.24) is 15.5 Å². The Morgan fingerprint density at radius 2 is 2.05 bits per heavy atom. The Morgan fingerprint density at radius 3 is 2.75 bits per heavy atom. The van der Waals surface area contributed by atoms with Crippen LogP contribution in [0.3, 0.4) is 0 Å². The fourth-order valence-electron chi connectivity index (χ4n) is 2.54. The maximum absolute atomic E-state index is 12.2. The van der Waals surface area contributed by atoms with Crippen molar-refractivity contribution in [3.8, 4) is 0 Å². The minimum absolute atomic E-state index is 0.225. The van der Waals surface area contributed by atoms with Crippen molar-refractivity contribution in [3.63, 3.8) is 0 Å². The molecule has 0 bridgehead atoms. The third-order valence-corrected chi connectivity index (χ3v) is 3.97. The first-order valence-corrected chi connectivity index (χ1v) is 7.01. The molecule has 5 heteroatoms. The van der Waals surface area contributed by atoms with Crippen molar-refractivity contribution < 1.29 is 4.79 Å². The molecule has 1 aliphatic rings. The van der Waals surface area contributed by atoms with Gasteiger partial charge in [0.25, 0.3) is 11.5 Å². The fourth-order valence-corrected chi connectivity index (χ4v) is 2.54. The van der Waals surface area contributed by atoms with Gasteiger partial charge in [0, 0.05) is 11.9 Å². The molecule has 0 spiro atoms. The van der Waals surface area contributed by atoms with Crippen LogP contribution >= 0.6 is 0 Å². The summed E-state index contributed by atoms with van der Waals surface area (Å²) in [5.74, 6) is 0.535. The Balaban J connectivity index is 1.77. The number of amides is 1. The van der Waals surface area contributed by atoms with Crippen LogP contribution in [-0.2, 0) is 0 Å². The minimum atomic E-state index is -0.272. The van der Waals surface area contributed by atoms with Crippen LogP contribution in [0.4, 0.5) is 0 Å². The Labute approximate surface area is 116 Å². The van der Waals surface area contributed by atoms with Crippen molar-refractivity contribution >= 4 is 16.7 Å². The van der Waals surface area contributed by atoms with E-state index in [9.17, 15) is 9.59 Å². The van der Waals surface area contributed by atoms with E-state index in [2.05, 4.69) is 15.5 Å². The summed E-state index contributed by atoms with van der Waals surface area (Å²) in [5.41, 5.74) is 0.0143. The lowest BCUT2D eigenvalue weighted by Crippen LogP contribution is -2.29. The number of aromatic amines is 1. The highest BCUT2D eigenvalue weighted by molar-refractivity contribution is 6.04. The van der Waals surface area contributed by atoms with E-state index in [1.807, 2.05) is 0 Å². The van der Waals surface area contributed by atoms with Crippen molar-refractivity contribution in [2.45, 2.75) is 25.7 Å². The predicted molar refractivity (Wildman–Crippen MR) is 76.7 cm³/mol. The van der Waals surface area contributed by atoms with E-state index < -0.39 is 0 Å². The molecule has 1 aromatic carbocycles. The first-order chi connectivity index (χ1) is 9.75. The van der Waals surface area contributed by atoms with Crippen LogP contribution in [0.15, 0.2) is 29.1 Å². The molecule has 2 N–H and O–H groups in total. The second-order valence-corrected chi connectivity index (χ2v) is 5.29. The zero-order valence-corrected chi connectivity index (χ0v) is 11.2. The van der Waals surface area contributed by atoms with Gasteiger partial charge in [-0.3, -0.25) is 9.59 Å².